The monoisotopic (exact) mass is 227 g/mol. The molecule has 1 aromatic rings. The van der Waals surface area contributed by atoms with Crippen LogP contribution in [-0.4, -0.2) is 18.0 Å². The third-order valence-corrected chi connectivity index (χ3v) is 2.54. The fourth-order valence-electron chi connectivity index (χ4n) is 0.986. The SMILES string of the molecule is CCOC(=S)Nc1cccc(SC)c1. The van der Waals surface area contributed by atoms with Crippen LogP contribution in [0.15, 0.2) is 29.2 Å². The average Bonchev–Trinajstić information content (AvgIpc) is 2.18. The van der Waals surface area contributed by atoms with E-state index in [4.69, 9.17) is 17.0 Å². The van der Waals surface area contributed by atoms with Crippen molar-refractivity contribution in [3.8, 4) is 0 Å². The lowest BCUT2D eigenvalue weighted by molar-refractivity contribution is 0.335. The van der Waals surface area contributed by atoms with Gasteiger partial charge in [0.05, 0.1) is 6.61 Å². The van der Waals surface area contributed by atoms with Gasteiger partial charge in [0.1, 0.15) is 0 Å². The first kappa shape index (κ1) is 11.3. The van der Waals surface area contributed by atoms with Gasteiger partial charge in [-0.3, -0.25) is 0 Å². The quantitative estimate of drug-likeness (QED) is 0.632. The largest absolute Gasteiger partial charge is 0.471 e. The van der Waals surface area contributed by atoms with Gasteiger partial charge in [0.25, 0.3) is 5.17 Å². The van der Waals surface area contributed by atoms with Gasteiger partial charge in [0.2, 0.25) is 0 Å². The first-order valence-electron chi connectivity index (χ1n) is 4.34. The molecule has 0 radical (unpaired) electrons. The minimum Gasteiger partial charge on any atom is -0.471 e. The Morgan fingerprint density at radius 2 is 2.36 bits per heavy atom. The molecule has 0 heterocycles. The molecular weight excluding hydrogens is 214 g/mol. The highest BCUT2D eigenvalue weighted by molar-refractivity contribution is 7.98. The molecule has 4 heteroatoms. The smallest absolute Gasteiger partial charge is 0.261 e. The number of rotatable bonds is 3. The summed E-state index contributed by atoms with van der Waals surface area (Å²) >= 11 is 6.67. The first-order valence-corrected chi connectivity index (χ1v) is 5.97. The van der Waals surface area contributed by atoms with Gasteiger partial charge >= 0.3 is 0 Å². The summed E-state index contributed by atoms with van der Waals surface area (Å²) in [5.41, 5.74) is 0.968. The fraction of sp³-hybridized carbons (Fsp3) is 0.300. The summed E-state index contributed by atoms with van der Waals surface area (Å²) in [6, 6.07) is 8.04. The van der Waals surface area contributed by atoms with E-state index in [9.17, 15) is 0 Å². The second-order valence-corrected chi connectivity index (χ2v) is 3.83. The van der Waals surface area contributed by atoms with Crippen LogP contribution >= 0.6 is 24.0 Å². The van der Waals surface area contributed by atoms with Crippen molar-refractivity contribution < 1.29 is 4.74 Å². The maximum atomic E-state index is 5.13. The van der Waals surface area contributed by atoms with E-state index in [1.807, 2.05) is 31.4 Å². The lowest BCUT2D eigenvalue weighted by atomic mass is 10.3. The second-order valence-electron chi connectivity index (χ2n) is 2.58. The van der Waals surface area contributed by atoms with Crippen LogP contribution in [0.4, 0.5) is 5.69 Å². The predicted molar refractivity (Wildman–Crippen MR) is 66.1 cm³/mol. The number of nitrogens with one attached hydrogen (secondary N) is 1. The summed E-state index contributed by atoms with van der Waals surface area (Å²) in [4.78, 5) is 1.20. The maximum Gasteiger partial charge on any atom is 0.261 e. The highest BCUT2D eigenvalue weighted by Crippen LogP contribution is 2.18. The lowest BCUT2D eigenvalue weighted by Crippen LogP contribution is -2.12. The summed E-state index contributed by atoms with van der Waals surface area (Å²) in [5, 5.41) is 3.44. The van der Waals surface area contributed by atoms with Crippen LogP contribution in [0, 0.1) is 0 Å². The predicted octanol–water partition coefficient (Wildman–Crippen LogP) is 3.14. The Balaban J connectivity index is 2.62. The zero-order valence-corrected chi connectivity index (χ0v) is 9.87. The molecule has 0 aliphatic heterocycles. The van der Waals surface area contributed by atoms with E-state index in [0.29, 0.717) is 11.8 Å². The van der Waals surface area contributed by atoms with Crippen LogP contribution in [0.3, 0.4) is 0 Å². The standard InChI is InChI=1S/C10H13NOS2/c1-3-12-10(13)11-8-5-4-6-9(7-8)14-2/h4-7H,3H2,1-2H3,(H,11,13). The number of thiocarbonyl (C=S) groups is 1. The van der Waals surface area contributed by atoms with Gasteiger partial charge in [-0.25, -0.2) is 0 Å². The molecule has 0 spiro atoms. The topological polar surface area (TPSA) is 21.3 Å². The van der Waals surface area contributed by atoms with Crippen LogP contribution in [-0.2, 0) is 4.74 Å². The Labute approximate surface area is 94.0 Å². The number of benzene rings is 1. The van der Waals surface area contributed by atoms with Gasteiger partial charge in [0.15, 0.2) is 0 Å². The van der Waals surface area contributed by atoms with Crippen molar-refractivity contribution in [3.05, 3.63) is 24.3 Å². The van der Waals surface area contributed by atoms with Crippen LogP contribution in [0.5, 0.6) is 0 Å². The molecule has 1 aromatic carbocycles. The Morgan fingerprint density at radius 1 is 1.57 bits per heavy atom. The van der Waals surface area contributed by atoms with E-state index in [-0.39, 0.29) is 0 Å². The zero-order valence-electron chi connectivity index (χ0n) is 8.24. The molecular formula is C10H13NOS2. The molecule has 0 atom stereocenters. The number of thioether (sulfide) groups is 1. The Kier molecular flexibility index (Phi) is 4.76. The van der Waals surface area contributed by atoms with Crippen LogP contribution in [0.25, 0.3) is 0 Å². The summed E-state index contributed by atoms with van der Waals surface area (Å²) in [6.07, 6.45) is 2.04. The van der Waals surface area contributed by atoms with Crippen molar-refractivity contribution in [1.82, 2.24) is 0 Å². The van der Waals surface area contributed by atoms with E-state index < -0.39 is 0 Å². The minimum atomic E-state index is 0.422. The molecule has 0 bridgehead atoms. The zero-order chi connectivity index (χ0) is 10.4. The summed E-state index contributed by atoms with van der Waals surface area (Å²) < 4.78 is 5.13. The average molecular weight is 227 g/mol. The van der Waals surface area contributed by atoms with E-state index >= 15 is 0 Å². The normalized spacial score (nSPS) is 9.57. The molecule has 0 aliphatic carbocycles. The Hall–Kier alpha value is -0.740. The molecule has 0 aliphatic rings. The van der Waals surface area contributed by atoms with Gasteiger partial charge in [-0.05, 0) is 43.6 Å². The summed E-state index contributed by atoms with van der Waals surface area (Å²) in [6.45, 7) is 2.50. The van der Waals surface area contributed by atoms with E-state index in [1.165, 1.54) is 4.90 Å². The molecule has 2 nitrogen and oxygen atoms in total. The molecule has 0 fully saturated rings. The van der Waals surface area contributed by atoms with E-state index in [1.54, 1.807) is 11.8 Å². The van der Waals surface area contributed by atoms with Crippen molar-refractivity contribution in [3.63, 3.8) is 0 Å². The highest BCUT2D eigenvalue weighted by Gasteiger charge is 1.98. The van der Waals surface area contributed by atoms with E-state index in [2.05, 4.69) is 11.4 Å². The van der Waals surface area contributed by atoms with Crippen molar-refractivity contribution in [1.29, 1.82) is 0 Å². The molecule has 0 amide bonds. The van der Waals surface area contributed by atoms with Crippen LogP contribution in [0.2, 0.25) is 0 Å². The Bertz CT molecular complexity index is 315. The third-order valence-electron chi connectivity index (χ3n) is 1.59. The molecule has 0 saturated carbocycles. The molecule has 76 valence electrons. The van der Waals surface area contributed by atoms with Crippen molar-refractivity contribution in [2.75, 3.05) is 18.2 Å². The van der Waals surface area contributed by atoms with Gasteiger partial charge in [-0.1, -0.05) is 6.07 Å². The highest BCUT2D eigenvalue weighted by atomic mass is 32.2. The number of anilines is 1. The maximum absolute atomic E-state index is 5.13. The third kappa shape index (κ3) is 3.55. The minimum absolute atomic E-state index is 0.422. The van der Waals surface area contributed by atoms with Gasteiger partial charge < -0.3 is 10.1 Å². The molecule has 0 unspecified atom stereocenters. The van der Waals surface area contributed by atoms with Gasteiger partial charge in [0, 0.05) is 10.6 Å². The molecule has 1 rings (SSSR count). The first-order chi connectivity index (χ1) is 6.76. The second kappa shape index (κ2) is 5.88. The molecule has 0 saturated heterocycles. The Morgan fingerprint density at radius 3 is 3.00 bits per heavy atom. The fourth-order valence-corrected chi connectivity index (χ4v) is 1.68. The van der Waals surface area contributed by atoms with Crippen molar-refractivity contribution >= 4 is 34.8 Å². The van der Waals surface area contributed by atoms with Crippen LogP contribution in [0.1, 0.15) is 6.92 Å². The molecule has 1 N–H and O–H groups in total. The van der Waals surface area contributed by atoms with Crippen molar-refractivity contribution in [2.24, 2.45) is 0 Å². The lowest BCUT2D eigenvalue weighted by Gasteiger charge is -2.08. The number of ether oxygens (including phenoxy) is 1. The van der Waals surface area contributed by atoms with Crippen LogP contribution < -0.4 is 5.32 Å². The van der Waals surface area contributed by atoms with Gasteiger partial charge in [-0.15, -0.1) is 11.8 Å². The van der Waals surface area contributed by atoms with Crippen molar-refractivity contribution in [2.45, 2.75) is 11.8 Å². The molecule has 14 heavy (non-hydrogen) atoms. The number of hydrogen-bond acceptors (Lipinski definition) is 3. The molecule has 0 aromatic heterocycles. The van der Waals surface area contributed by atoms with Gasteiger partial charge in [-0.2, -0.15) is 0 Å². The summed E-state index contributed by atoms with van der Waals surface area (Å²) in [7, 11) is 0. The van der Waals surface area contributed by atoms with E-state index in [0.717, 1.165) is 5.69 Å². The summed E-state index contributed by atoms with van der Waals surface area (Å²) in [5.74, 6) is 0. The number of hydrogen-bond donors (Lipinski definition) is 1.